The van der Waals surface area contributed by atoms with Crippen LogP contribution in [0.25, 0.3) is 0 Å². The monoisotopic (exact) mass is 302 g/mol. The van der Waals surface area contributed by atoms with E-state index in [0.29, 0.717) is 0 Å². The molecule has 0 aromatic carbocycles. The van der Waals surface area contributed by atoms with Gasteiger partial charge >= 0.3 is 0 Å². The van der Waals surface area contributed by atoms with Gasteiger partial charge in [-0.3, -0.25) is 0 Å². The predicted molar refractivity (Wildman–Crippen MR) is 56.8 cm³/mol. The second-order valence-corrected chi connectivity index (χ2v) is 4.09. The summed E-state index contributed by atoms with van der Waals surface area (Å²) in [4.78, 5) is 1.05. The van der Waals surface area contributed by atoms with Crippen molar-refractivity contribution in [1.82, 2.24) is 0 Å². The lowest BCUT2D eigenvalue weighted by Gasteiger charge is -2.05. The molecule has 1 aliphatic carbocycles. The molecular formula is C8H9F2IS. The fourth-order valence-corrected chi connectivity index (χ4v) is 2.40. The van der Waals surface area contributed by atoms with Crippen molar-refractivity contribution in [2.24, 2.45) is 0 Å². The summed E-state index contributed by atoms with van der Waals surface area (Å²) in [6.45, 7) is 1.91. The molecule has 0 N–H and O–H groups in total. The molecule has 0 atom stereocenters. The van der Waals surface area contributed by atoms with E-state index in [4.69, 9.17) is 0 Å². The molecule has 1 heterocycles. The standard InChI is InChI=1S/C8H8F2S.HI/c1-5-7-3-8(9,10)2-6(7)4-11-5;/h4H,2-3H2,1H3;1H. The number of hydrogen-bond donors (Lipinski definition) is 0. The third-order valence-corrected chi connectivity index (χ3v) is 3.08. The maximum absolute atomic E-state index is 12.8. The van der Waals surface area contributed by atoms with E-state index in [-0.39, 0.29) is 36.8 Å². The molecule has 0 amide bonds. The molecule has 1 aliphatic rings. The quantitative estimate of drug-likeness (QED) is 0.644. The maximum atomic E-state index is 12.8. The van der Waals surface area contributed by atoms with Gasteiger partial charge in [-0.1, -0.05) is 0 Å². The Morgan fingerprint density at radius 3 is 2.67 bits per heavy atom. The number of thiophene rings is 1. The number of rotatable bonds is 0. The number of alkyl halides is 2. The molecule has 4 heteroatoms. The van der Waals surface area contributed by atoms with Gasteiger partial charge in [-0.25, -0.2) is 8.78 Å². The molecule has 0 aliphatic heterocycles. The molecule has 0 fully saturated rings. The number of halogens is 3. The van der Waals surface area contributed by atoms with Crippen LogP contribution in [0.1, 0.15) is 16.0 Å². The highest BCUT2D eigenvalue weighted by Crippen LogP contribution is 2.38. The highest BCUT2D eigenvalue weighted by Gasteiger charge is 2.38. The van der Waals surface area contributed by atoms with Crippen molar-refractivity contribution in [2.45, 2.75) is 25.7 Å². The van der Waals surface area contributed by atoms with Crippen LogP contribution in [-0.4, -0.2) is 5.92 Å². The molecule has 68 valence electrons. The Bertz CT molecular complexity index is 293. The fraction of sp³-hybridized carbons (Fsp3) is 0.500. The van der Waals surface area contributed by atoms with Gasteiger partial charge in [0.25, 0.3) is 5.92 Å². The maximum Gasteiger partial charge on any atom is 0.256 e. The van der Waals surface area contributed by atoms with Gasteiger partial charge < -0.3 is 0 Å². The third kappa shape index (κ3) is 1.64. The molecule has 1 aromatic rings. The van der Waals surface area contributed by atoms with Crippen LogP contribution in [-0.2, 0) is 12.8 Å². The lowest BCUT2D eigenvalue weighted by molar-refractivity contribution is 0.0129. The zero-order chi connectivity index (χ0) is 8.06. The Labute approximate surface area is 91.0 Å². The molecule has 0 unspecified atom stereocenters. The van der Waals surface area contributed by atoms with E-state index >= 15 is 0 Å². The van der Waals surface area contributed by atoms with Crippen LogP contribution >= 0.6 is 35.3 Å². The second kappa shape index (κ2) is 3.21. The minimum Gasteiger partial charge on any atom is -0.206 e. The van der Waals surface area contributed by atoms with E-state index in [1.165, 1.54) is 0 Å². The van der Waals surface area contributed by atoms with Crippen LogP contribution in [0.5, 0.6) is 0 Å². The highest BCUT2D eigenvalue weighted by molar-refractivity contribution is 14.0. The number of hydrogen-bond acceptors (Lipinski definition) is 1. The van der Waals surface area contributed by atoms with Crippen LogP contribution < -0.4 is 0 Å². The summed E-state index contributed by atoms with van der Waals surface area (Å²) in [5, 5.41) is 1.85. The summed E-state index contributed by atoms with van der Waals surface area (Å²) < 4.78 is 25.5. The van der Waals surface area contributed by atoms with E-state index in [9.17, 15) is 8.78 Å². The summed E-state index contributed by atoms with van der Waals surface area (Å²) >= 11 is 1.57. The largest absolute Gasteiger partial charge is 0.256 e. The van der Waals surface area contributed by atoms with E-state index < -0.39 is 5.92 Å². The normalized spacial score (nSPS) is 18.6. The zero-order valence-electron chi connectivity index (χ0n) is 6.56. The highest BCUT2D eigenvalue weighted by atomic mass is 127. The molecule has 0 bridgehead atoms. The van der Waals surface area contributed by atoms with Crippen molar-refractivity contribution < 1.29 is 8.78 Å². The lowest BCUT2D eigenvalue weighted by atomic mass is 10.2. The van der Waals surface area contributed by atoms with Crippen molar-refractivity contribution in [3.63, 3.8) is 0 Å². The second-order valence-electron chi connectivity index (χ2n) is 3.01. The molecule has 0 spiro atoms. The van der Waals surface area contributed by atoms with Gasteiger partial charge in [0.05, 0.1) is 0 Å². The Kier molecular flexibility index (Phi) is 2.78. The molecule has 12 heavy (non-hydrogen) atoms. The van der Waals surface area contributed by atoms with Crippen LogP contribution in [0.3, 0.4) is 0 Å². The van der Waals surface area contributed by atoms with Crippen LogP contribution in [0.15, 0.2) is 5.38 Å². The minimum atomic E-state index is -2.47. The summed E-state index contributed by atoms with van der Waals surface area (Å²) in [5.41, 5.74) is 1.75. The number of aryl methyl sites for hydroxylation is 1. The first kappa shape index (κ1) is 10.4. The molecule has 0 radical (unpaired) electrons. The third-order valence-electron chi connectivity index (χ3n) is 2.08. The van der Waals surface area contributed by atoms with Crippen molar-refractivity contribution in [3.05, 3.63) is 21.4 Å². The van der Waals surface area contributed by atoms with Crippen LogP contribution in [0.2, 0.25) is 0 Å². The van der Waals surface area contributed by atoms with E-state index in [0.717, 1.165) is 16.0 Å². The Balaban J connectivity index is 0.000000720. The van der Waals surface area contributed by atoms with E-state index in [1.807, 2.05) is 12.3 Å². The smallest absolute Gasteiger partial charge is 0.206 e. The molecule has 2 rings (SSSR count). The first-order chi connectivity index (χ1) is 5.08. The summed E-state index contributed by atoms with van der Waals surface area (Å²) in [5.74, 6) is -2.47. The predicted octanol–water partition coefficient (Wildman–Crippen LogP) is 3.41. The lowest BCUT2D eigenvalue weighted by Crippen LogP contribution is -2.15. The summed E-state index contributed by atoms with van der Waals surface area (Å²) in [6, 6.07) is 0. The Hall–Kier alpha value is 0.290. The van der Waals surface area contributed by atoms with Gasteiger partial charge in [-0.2, -0.15) is 0 Å². The van der Waals surface area contributed by atoms with E-state index in [2.05, 4.69) is 0 Å². The Morgan fingerprint density at radius 1 is 1.42 bits per heavy atom. The van der Waals surface area contributed by atoms with Crippen LogP contribution in [0.4, 0.5) is 8.78 Å². The van der Waals surface area contributed by atoms with Gasteiger partial charge in [0.2, 0.25) is 0 Å². The SMILES string of the molecule is Cc1scc2c1CC(F)(F)C2.I. The average molecular weight is 302 g/mol. The number of fused-ring (bicyclic) bond motifs is 1. The molecule has 0 nitrogen and oxygen atoms in total. The zero-order valence-corrected chi connectivity index (χ0v) is 9.71. The minimum absolute atomic E-state index is 0. The molecule has 0 saturated carbocycles. The van der Waals surface area contributed by atoms with Gasteiger partial charge in [0, 0.05) is 17.7 Å². The molecule has 1 aromatic heterocycles. The average Bonchev–Trinajstić information content (AvgIpc) is 2.31. The summed E-state index contributed by atoms with van der Waals surface area (Å²) in [6.07, 6.45) is -0.0929. The Morgan fingerprint density at radius 2 is 2.08 bits per heavy atom. The van der Waals surface area contributed by atoms with Crippen molar-refractivity contribution in [3.8, 4) is 0 Å². The van der Waals surface area contributed by atoms with Gasteiger partial charge in [-0.05, 0) is 23.4 Å². The summed E-state index contributed by atoms with van der Waals surface area (Å²) in [7, 11) is 0. The van der Waals surface area contributed by atoms with Gasteiger partial charge in [-0.15, -0.1) is 35.3 Å². The van der Waals surface area contributed by atoms with Crippen molar-refractivity contribution in [1.29, 1.82) is 0 Å². The van der Waals surface area contributed by atoms with Gasteiger partial charge in [0.15, 0.2) is 0 Å². The van der Waals surface area contributed by atoms with E-state index in [1.54, 1.807) is 11.3 Å². The van der Waals surface area contributed by atoms with Crippen molar-refractivity contribution in [2.75, 3.05) is 0 Å². The van der Waals surface area contributed by atoms with Gasteiger partial charge in [0.1, 0.15) is 0 Å². The fourth-order valence-electron chi connectivity index (χ4n) is 1.51. The first-order valence-electron chi connectivity index (χ1n) is 3.52. The molecule has 0 saturated heterocycles. The first-order valence-corrected chi connectivity index (χ1v) is 4.40. The van der Waals surface area contributed by atoms with Crippen LogP contribution in [0, 0.1) is 6.92 Å². The topological polar surface area (TPSA) is 0 Å². The molecular weight excluding hydrogens is 293 g/mol. The van der Waals surface area contributed by atoms with Crippen molar-refractivity contribution >= 4 is 35.3 Å².